The van der Waals surface area contributed by atoms with E-state index in [1.165, 1.54) is 131 Å². The summed E-state index contributed by atoms with van der Waals surface area (Å²) in [6.07, 6.45) is 10.3. The SMILES string of the molecule is CC1(c2ccc(CO)cc2)c2ccccc2C=Cc2ccccc21.CC1(c2ccc(CO)cc2)c2ccccc2CCc2ccccc21.COc1ccc([C@@](C)(c2ccc(C)cc2)c2ccc(F)cc2)cc1.COc1ccc([C@@](O)(c2ccc(C)cc2)c2ccc(F)cc2)cc1.COc1ccc([C@@](O)(c2ccc(C)cc2)c2ccc(F)cc2)cc1.Cc1ccc(C(C)(c2ccncc2)c2ccc(C)cc2)cc1. The number of rotatable bonds is 19. The average molecular weight is 1880 g/mol. The van der Waals surface area contributed by atoms with Gasteiger partial charge in [-0.1, -0.05) is 380 Å². The molecule has 1 heterocycles. The Morgan fingerprint density at radius 1 is 0.268 bits per heavy atom. The molecule has 0 bridgehead atoms. The van der Waals surface area contributed by atoms with E-state index in [9.17, 15) is 33.6 Å². The summed E-state index contributed by atoms with van der Waals surface area (Å²) in [6, 6.07) is 139. The van der Waals surface area contributed by atoms with E-state index in [-0.39, 0.29) is 52.3 Å². The van der Waals surface area contributed by atoms with Gasteiger partial charge < -0.3 is 34.6 Å². The minimum Gasteiger partial charge on any atom is -0.497 e. The van der Waals surface area contributed by atoms with E-state index in [0.717, 1.165) is 63.1 Å². The molecule has 2 aliphatic carbocycles. The number of hydrogen-bond donors (Lipinski definition) is 4. The minimum absolute atomic E-state index is 0.0751. The van der Waals surface area contributed by atoms with Crippen molar-refractivity contribution in [1.82, 2.24) is 4.98 Å². The number of ether oxygens (including phenoxy) is 3. The molecule has 17 aromatic carbocycles. The van der Waals surface area contributed by atoms with Crippen LogP contribution in [0.1, 0.15) is 189 Å². The van der Waals surface area contributed by atoms with Crippen LogP contribution in [0.15, 0.2) is 437 Å². The quantitative estimate of drug-likeness (QED) is 0.0591. The van der Waals surface area contributed by atoms with Crippen molar-refractivity contribution in [1.29, 1.82) is 0 Å². The third kappa shape index (κ3) is 22.0. The largest absolute Gasteiger partial charge is 0.497 e. The molecule has 0 amide bonds. The lowest BCUT2D eigenvalue weighted by atomic mass is 9.69. The molecule has 0 fully saturated rings. The van der Waals surface area contributed by atoms with Gasteiger partial charge in [-0.3, -0.25) is 4.98 Å². The number of halogens is 3. The molecule has 18 aromatic rings. The van der Waals surface area contributed by atoms with Crippen molar-refractivity contribution in [2.75, 3.05) is 21.3 Å². The van der Waals surface area contributed by atoms with Crippen LogP contribution in [-0.4, -0.2) is 46.7 Å². The number of aliphatic hydroxyl groups excluding tert-OH is 2. The maximum atomic E-state index is 13.4. The van der Waals surface area contributed by atoms with Crippen molar-refractivity contribution in [3.05, 3.63) is 616 Å². The van der Waals surface area contributed by atoms with Crippen LogP contribution in [0.4, 0.5) is 13.2 Å². The highest BCUT2D eigenvalue weighted by Crippen LogP contribution is 2.49. The van der Waals surface area contributed by atoms with Gasteiger partial charge in [0.05, 0.1) is 34.5 Å². The fourth-order valence-electron chi connectivity index (χ4n) is 19.6. The van der Waals surface area contributed by atoms with E-state index in [2.05, 4.69) is 284 Å². The number of aromatic nitrogens is 1. The van der Waals surface area contributed by atoms with Crippen LogP contribution in [-0.2, 0) is 58.9 Å². The number of hydrogen-bond acceptors (Lipinski definition) is 8. The normalized spacial score (nSPS) is 13.6. The van der Waals surface area contributed by atoms with E-state index in [4.69, 9.17) is 14.2 Å². The van der Waals surface area contributed by atoms with Crippen molar-refractivity contribution in [3.8, 4) is 17.2 Å². The van der Waals surface area contributed by atoms with Crippen LogP contribution in [0.5, 0.6) is 17.2 Å². The van der Waals surface area contributed by atoms with E-state index in [0.29, 0.717) is 33.8 Å². The third-order valence-electron chi connectivity index (χ3n) is 28.4. The van der Waals surface area contributed by atoms with Crippen molar-refractivity contribution < 1.29 is 47.8 Å². The Kier molecular flexibility index (Phi) is 32.2. The van der Waals surface area contributed by atoms with Gasteiger partial charge in [0.2, 0.25) is 0 Å². The molecule has 1 aromatic heterocycles. The van der Waals surface area contributed by atoms with Crippen LogP contribution >= 0.6 is 0 Å². The summed E-state index contributed by atoms with van der Waals surface area (Å²) in [5.74, 6) is 1.36. The van der Waals surface area contributed by atoms with Gasteiger partial charge in [0.25, 0.3) is 0 Å². The second kappa shape index (κ2) is 45.3. The summed E-state index contributed by atoms with van der Waals surface area (Å²) < 4.78 is 55.7. The fourth-order valence-corrected chi connectivity index (χ4v) is 19.6. The lowest BCUT2D eigenvalue weighted by Crippen LogP contribution is -2.28. The number of aliphatic hydroxyl groups is 4. The van der Waals surface area contributed by atoms with Crippen molar-refractivity contribution in [2.45, 2.75) is 121 Å². The summed E-state index contributed by atoms with van der Waals surface area (Å²) in [5.41, 5.74) is 28.8. The van der Waals surface area contributed by atoms with Crippen LogP contribution in [0.2, 0.25) is 0 Å². The van der Waals surface area contributed by atoms with E-state index < -0.39 is 11.2 Å². The van der Waals surface area contributed by atoms with Gasteiger partial charge in [-0.15, -0.1) is 0 Å². The number of methoxy groups -OCH3 is 3. The molecule has 0 saturated carbocycles. The lowest BCUT2D eigenvalue weighted by Gasteiger charge is -2.33. The summed E-state index contributed by atoms with van der Waals surface area (Å²) in [5, 5.41) is 41.9. The fraction of sp³-hybridized carbons (Fsp3) is 0.168. The molecule has 714 valence electrons. The second-order valence-corrected chi connectivity index (χ2v) is 37.2. The maximum Gasteiger partial charge on any atom is 0.140 e. The van der Waals surface area contributed by atoms with Crippen LogP contribution in [0.3, 0.4) is 0 Å². The summed E-state index contributed by atoms with van der Waals surface area (Å²) in [4.78, 5) is 4.17. The molecule has 142 heavy (non-hydrogen) atoms. The molecule has 4 N–H and O–H groups in total. The van der Waals surface area contributed by atoms with Crippen LogP contribution < -0.4 is 14.2 Å². The molecule has 0 spiro atoms. The number of fused-ring (bicyclic) bond motifs is 4. The molecule has 0 saturated heterocycles. The monoisotopic (exact) mass is 1880 g/mol. The molecule has 11 heteroatoms. The zero-order valence-corrected chi connectivity index (χ0v) is 82.6. The highest BCUT2D eigenvalue weighted by molar-refractivity contribution is 5.79. The van der Waals surface area contributed by atoms with Gasteiger partial charge in [0.1, 0.15) is 45.9 Å². The minimum atomic E-state index is -1.37. The standard InChI is InChI=1S/C23H22O.C23H20O.C22H21FO.2C21H19FO2.C21H21N/c2*1-23(20-14-10-17(16-24)11-15-20)21-8-4-2-6-18(21)12-13-19-7-3-5-9-22(19)23;1-16-4-6-17(7-5-16)22(2,18-8-12-20(23)13-9-18)19-10-14-21(24-3)15-11-19;2*1-15-3-5-16(6-4-15)21(23,17-7-11-19(22)12-8-17)18-9-13-20(24-2)14-10-18;1-16-4-8-18(9-5-16)21(3,20-12-14-22-15-13-20)19-10-6-17(2)7-11-19/h2-11,14-15,24H,12-13,16H2,1H3;2-15,24H,16H2,1H3;4-15H,1-3H3;2*3-14,23H,1-2H3;4-15H,1-3H3/t;;22-;2*21-;/m..011./s1. The van der Waals surface area contributed by atoms with Crippen molar-refractivity contribution in [2.24, 2.45) is 0 Å². The third-order valence-corrected chi connectivity index (χ3v) is 28.4. The molecular weight excluding hydrogens is 1760 g/mol. The summed E-state index contributed by atoms with van der Waals surface area (Å²) in [7, 11) is 4.86. The smallest absolute Gasteiger partial charge is 0.140 e. The van der Waals surface area contributed by atoms with Crippen molar-refractivity contribution >= 4 is 12.2 Å². The molecule has 20 rings (SSSR count). The Bertz CT molecular complexity index is 6510. The number of pyridine rings is 1. The van der Waals surface area contributed by atoms with Gasteiger partial charge >= 0.3 is 0 Å². The first-order chi connectivity index (χ1) is 68.7. The highest BCUT2D eigenvalue weighted by atomic mass is 19.1. The average Bonchev–Trinajstić information content (AvgIpc) is 1.56. The molecule has 0 unspecified atom stereocenters. The topological polar surface area (TPSA) is 122 Å². The van der Waals surface area contributed by atoms with Crippen molar-refractivity contribution in [3.63, 3.8) is 0 Å². The Balaban J connectivity index is 0.000000129. The van der Waals surface area contributed by atoms with Crippen LogP contribution in [0.25, 0.3) is 12.2 Å². The van der Waals surface area contributed by atoms with Gasteiger partial charge in [0.15, 0.2) is 0 Å². The van der Waals surface area contributed by atoms with Gasteiger partial charge in [0, 0.05) is 34.1 Å². The zero-order valence-electron chi connectivity index (χ0n) is 82.6. The summed E-state index contributed by atoms with van der Waals surface area (Å²) >= 11 is 0. The lowest BCUT2D eigenvalue weighted by molar-refractivity contribution is 0.125. The Morgan fingerprint density at radius 2 is 0.486 bits per heavy atom. The Hall–Kier alpha value is -15.3. The first kappa shape index (κ1) is 101. The Labute approximate surface area is 835 Å². The number of aryl methyl sites for hydroxylation is 7. The molecule has 0 aliphatic heterocycles. The Morgan fingerprint density at radius 3 is 0.761 bits per heavy atom. The molecule has 3 atom stereocenters. The zero-order chi connectivity index (χ0) is 100. The predicted molar refractivity (Wildman–Crippen MR) is 572 cm³/mol. The second-order valence-electron chi connectivity index (χ2n) is 37.2. The highest BCUT2D eigenvalue weighted by Gasteiger charge is 2.41. The van der Waals surface area contributed by atoms with Gasteiger partial charge in [-0.25, -0.2) is 13.2 Å². The molecular formula is C131H122F3NO7. The van der Waals surface area contributed by atoms with Crippen LogP contribution in [0, 0.1) is 52.1 Å². The first-order valence-corrected chi connectivity index (χ1v) is 48.1. The first-order valence-electron chi connectivity index (χ1n) is 48.1. The predicted octanol–water partition coefficient (Wildman–Crippen LogP) is 29.1. The van der Waals surface area contributed by atoms with Gasteiger partial charge in [-0.05, 0) is 294 Å². The maximum absolute atomic E-state index is 13.4. The van der Waals surface area contributed by atoms with E-state index >= 15 is 0 Å². The molecule has 0 radical (unpaired) electrons. The molecule has 8 nitrogen and oxygen atoms in total. The van der Waals surface area contributed by atoms with E-state index in [1.54, 1.807) is 69.9 Å². The summed E-state index contributed by atoms with van der Waals surface area (Å²) in [6.45, 7) is 19.6. The number of nitrogens with zero attached hydrogens (tertiary/aromatic N) is 1. The van der Waals surface area contributed by atoms with Gasteiger partial charge in [-0.2, -0.15) is 0 Å². The van der Waals surface area contributed by atoms with E-state index in [1.807, 2.05) is 148 Å². The molecule has 2 aliphatic rings. The number of benzene rings is 17.